The summed E-state index contributed by atoms with van der Waals surface area (Å²) in [7, 11) is 0. The zero-order chi connectivity index (χ0) is 13.6. The second kappa shape index (κ2) is 4.36. The van der Waals surface area contributed by atoms with Crippen LogP contribution in [0.25, 0.3) is 0 Å². The highest BCUT2D eigenvalue weighted by Gasteiger charge is 2.38. The summed E-state index contributed by atoms with van der Waals surface area (Å²) in [6.07, 6.45) is 2.92. The van der Waals surface area contributed by atoms with E-state index in [4.69, 9.17) is 0 Å². The van der Waals surface area contributed by atoms with Crippen molar-refractivity contribution in [2.45, 2.75) is 6.42 Å². The lowest BCUT2D eigenvalue weighted by Crippen LogP contribution is -2.31. The molecule has 19 heavy (non-hydrogen) atoms. The number of allylic oxidation sites excluding steroid dienone is 4. The van der Waals surface area contributed by atoms with Crippen LogP contribution in [0.15, 0.2) is 46.9 Å². The number of carbonyl (C=O) groups is 2. The van der Waals surface area contributed by atoms with Crippen molar-refractivity contribution in [1.82, 2.24) is 0 Å². The zero-order valence-electron chi connectivity index (χ0n) is 9.79. The van der Waals surface area contributed by atoms with E-state index in [0.29, 0.717) is 16.7 Å². The number of hydrogen-bond donors (Lipinski definition) is 0. The van der Waals surface area contributed by atoms with E-state index in [1.165, 1.54) is 12.2 Å². The molecule has 0 bridgehead atoms. The number of fused-ring (bicyclic) bond motifs is 2. The van der Waals surface area contributed by atoms with E-state index in [0.717, 1.165) is 0 Å². The van der Waals surface area contributed by atoms with Gasteiger partial charge in [0.2, 0.25) is 0 Å². The predicted molar refractivity (Wildman–Crippen MR) is 68.3 cm³/mol. The van der Waals surface area contributed by atoms with Gasteiger partial charge in [0, 0.05) is 21.6 Å². The van der Waals surface area contributed by atoms with Crippen molar-refractivity contribution >= 4 is 22.6 Å². The van der Waals surface area contributed by atoms with Gasteiger partial charge in [0.25, 0.3) is 0 Å². The summed E-state index contributed by atoms with van der Waals surface area (Å²) in [4.78, 5) is 24.8. The molecule has 0 heterocycles. The van der Waals surface area contributed by atoms with E-state index in [2.05, 4.69) is 0 Å². The van der Waals surface area contributed by atoms with Gasteiger partial charge in [-0.05, 0) is 17.5 Å². The summed E-state index contributed by atoms with van der Waals surface area (Å²) in [6.45, 7) is 0. The average Bonchev–Trinajstić information content (AvgIpc) is 2.44. The molecule has 2 atom stereocenters. The molecule has 0 radical (unpaired) electrons. The molecule has 1 aromatic carbocycles. The van der Waals surface area contributed by atoms with Crippen molar-refractivity contribution in [2.24, 2.45) is 5.92 Å². The maximum atomic E-state index is 12.3. The molecular weight excluding hydrogens is 264 g/mol. The highest BCUT2D eigenvalue weighted by molar-refractivity contribution is 7.83. The maximum Gasteiger partial charge on any atom is 0.190 e. The lowest BCUT2D eigenvalue weighted by Gasteiger charge is -2.28. The Morgan fingerprint density at radius 1 is 1.11 bits per heavy atom. The Hall–Kier alpha value is -1.85. The first-order valence-corrected chi connectivity index (χ1v) is 6.85. The second-order valence-electron chi connectivity index (χ2n) is 4.49. The summed E-state index contributed by atoms with van der Waals surface area (Å²) in [6, 6.07) is 6.64. The molecule has 0 aliphatic heterocycles. The molecule has 0 aromatic heterocycles. The van der Waals surface area contributed by atoms with Gasteiger partial charge < -0.3 is 4.55 Å². The van der Waals surface area contributed by atoms with Gasteiger partial charge in [-0.2, -0.15) is 0 Å². The van der Waals surface area contributed by atoms with Crippen LogP contribution in [-0.4, -0.2) is 20.3 Å². The predicted octanol–water partition coefficient (Wildman–Crippen LogP) is 1.77. The van der Waals surface area contributed by atoms with Crippen molar-refractivity contribution in [3.8, 4) is 0 Å². The Morgan fingerprint density at radius 2 is 1.79 bits per heavy atom. The van der Waals surface area contributed by atoms with Crippen molar-refractivity contribution in [1.29, 1.82) is 0 Å². The van der Waals surface area contributed by atoms with Crippen LogP contribution in [0.3, 0.4) is 0 Å². The summed E-state index contributed by atoms with van der Waals surface area (Å²) in [5, 5.41) is 0. The monoisotopic (exact) mass is 273 g/mol. The summed E-state index contributed by atoms with van der Waals surface area (Å²) in [5.74, 6) is -1.04. The molecule has 0 spiro atoms. The van der Waals surface area contributed by atoms with Crippen molar-refractivity contribution in [3.63, 3.8) is 0 Å². The fourth-order valence-electron chi connectivity index (χ4n) is 2.51. The van der Waals surface area contributed by atoms with E-state index in [1.54, 1.807) is 24.3 Å². The average molecular weight is 273 g/mol. The Labute approximate surface area is 112 Å². The Kier molecular flexibility index (Phi) is 2.80. The fraction of sp³-hybridized carbons (Fsp3) is 0.143. The van der Waals surface area contributed by atoms with Crippen molar-refractivity contribution < 1.29 is 18.4 Å². The number of hydrogen-bond acceptors (Lipinski definition) is 4. The molecule has 1 aromatic rings. The first kappa shape index (κ1) is 12.2. The Balaban J connectivity index is 2.14. The highest BCUT2D eigenvalue weighted by atomic mass is 32.2. The third kappa shape index (κ3) is 1.82. The summed E-state index contributed by atoms with van der Waals surface area (Å²) in [5.41, 5.74) is 1.17. The molecular formula is C14H9O4S-. The molecule has 0 saturated carbocycles. The minimum atomic E-state index is -2.35. The molecule has 0 amide bonds. The molecule has 2 aliphatic rings. The van der Waals surface area contributed by atoms with Crippen LogP contribution in [0.1, 0.15) is 27.1 Å². The lowest BCUT2D eigenvalue weighted by atomic mass is 9.75. The van der Waals surface area contributed by atoms with E-state index >= 15 is 0 Å². The normalized spacial score (nSPS) is 23.1. The van der Waals surface area contributed by atoms with Gasteiger partial charge in [-0.1, -0.05) is 36.4 Å². The van der Waals surface area contributed by atoms with Crippen LogP contribution >= 0.6 is 0 Å². The van der Waals surface area contributed by atoms with Crippen molar-refractivity contribution in [3.05, 3.63) is 58.0 Å². The van der Waals surface area contributed by atoms with E-state index in [1.807, 2.05) is 0 Å². The van der Waals surface area contributed by atoms with Gasteiger partial charge in [-0.25, -0.2) is 0 Å². The molecule has 0 saturated heterocycles. The maximum absolute atomic E-state index is 12.3. The highest BCUT2D eigenvalue weighted by Crippen LogP contribution is 2.36. The quantitative estimate of drug-likeness (QED) is 0.731. The van der Waals surface area contributed by atoms with Gasteiger partial charge in [-0.15, -0.1) is 0 Å². The lowest BCUT2D eigenvalue weighted by molar-refractivity contribution is 0.0882. The minimum absolute atomic E-state index is 0.0703. The zero-order valence-corrected chi connectivity index (χ0v) is 10.6. The number of rotatable bonds is 1. The van der Waals surface area contributed by atoms with Crippen LogP contribution in [0.2, 0.25) is 0 Å². The van der Waals surface area contributed by atoms with Gasteiger partial charge in [0.05, 0.1) is 5.92 Å². The minimum Gasteiger partial charge on any atom is -0.769 e. The summed E-state index contributed by atoms with van der Waals surface area (Å²) < 4.78 is 21.9. The van der Waals surface area contributed by atoms with E-state index in [-0.39, 0.29) is 22.9 Å². The standard InChI is InChI=1S/C14H10O4S/c15-13-9-3-1-2-4-10(9)14(16)12-7-8(19(17)18)5-6-11(12)13/h1-6,12H,7H2,(H,17,18)/p-1. The van der Waals surface area contributed by atoms with Gasteiger partial charge in [0.15, 0.2) is 11.6 Å². The smallest absolute Gasteiger partial charge is 0.190 e. The molecule has 3 rings (SSSR count). The second-order valence-corrected chi connectivity index (χ2v) is 5.48. The van der Waals surface area contributed by atoms with Crippen LogP contribution in [0, 0.1) is 5.92 Å². The number of ketones is 2. The molecule has 96 valence electrons. The molecule has 0 N–H and O–H groups in total. The number of Topliss-reactive ketones (excluding diaryl/α,β-unsaturated/α-hetero) is 2. The molecule has 2 unspecified atom stereocenters. The SMILES string of the molecule is O=C1C2=CC=C(S(=O)[O-])CC2C(=O)c2ccccc21. The van der Waals surface area contributed by atoms with Gasteiger partial charge >= 0.3 is 0 Å². The number of benzene rings is 1. The van der Waals surface area contributed by atoms with Gasteiger partial charge in [-0.3, -0.25) is 13.8 Å². The van der Waals surface area contributed by atoms with Gasteiger partial charge in [0.1, 0.15) is 0 Å². The van der Waals surface area contributed by atoms with Crippen LogP contribution < -0.4 is 0 Å². The van der Waals surface area contributed by atoms with Crippen molar-refractivity contribution in [2.75, 3.05) is 0 Å². The van der Waals surface area contributed by atoms with E-state index in [9.17, 15) is 18.4 Å². The van der Waals surface area contributed by atoms with E-state index < -0.39 is 17.0 Å². The third-order valence-corrected chi connectivity index (χ3v) is 4.19. The van der Waals surface area contributed by atoms with Crippen LogP contribution in [0.5, 0.6) is 0 Å². The van der Waals surface area contributed by atoms with Crippen LogP contribution in [-0.2, 0) is 11.1 Å². The topological polar surface area (TPSA) is 74.3 Å². The number of carbonyl (C=O) groups excluding carboxylic acids is 2. The molecule has 2 aliphatic carbocycles. The largest absolute Gasteiger partial charge is 0.769 e. The Morgan fingerprint density at radius 3 is 2.47 bits per heavy atom. The molecule has 4 nitrogen and oxygen atoms in total. The third-order valence-electron chi connectivity index (χ3n) is 3.46. The first-order chi connectivity index (χ1) is 9.09. The molecule has 0 fully saturated rings. The first-order valence-electron chi connectivity index (χ1n) is 5.77. The molecule has 5 heteroatoms. The Bertz CT molecular complexity index is 684. The van der Waals surface area contributed by atoms with Crippen LogP contribution in [0.4, 0.5) is 0 Å². The summed E-state index contributed by atoms with van der Waals surface area (Å²) >= 11 is -2.35. The fourth-order valence-corrected chi connectivity index (χ4v) is 2.99.